The van der Waals surface area contributed by atoms with Crippen molar-refractivity contribution in [3.05, 3.63) is 34.4 Å². The average molecular weight is 258 g/mol. The Morgan fingerprint density at radius 3 is 2.29 bits per heavy atom. The largest absolute Gasteiger partial charge is 0.492 e. The Labute approximate surface area is 98.9 Å². The van der Waals surface area contributed by atoms with E-state index in [0.29, 0.717) is 18.7 Å². The van der Waals surface area contributed by atoms with Gasteiger partial charge in [0.2, 0.25) is 0 Å². The van der Waals surface area contributed by atoms with E-state index < -0.39 is 13.7 Å². The van der Waals surface area contributed by atoms with Crippen LogP contribution in [0.2, 0.25) is 6.04 Å². The van der Waals surface area contributed by atoms with Gasteiger partial charge < -0.3 is 19.7 Å². The molecule has 0 spiro atoms. The zero-order valence-corrected chi connectivity index (χ0v) is 10.0. The molecule has 1 rings (SSSR count). The summed E-state index contributed by atoms with van der Waals surface area (Å²) in [5.74, 6) is 0. The molecule has 0 saturated heterocycles. The number of anilines is 1. The maximum atomic E-state index is 10.4. The summed E-state index contributed by atoms with van der Waals surface area (Å²) in [7, 11) is -3.95. The molecule has 0 saturated carbocycles. The van der Waals surface area contributed by atoms with E-state index in [0.717, 1.165) is 0 Å². The van der Waals surface area contributed by atoms with Crippen molar-refractivity contribution in [2.75, 3.05) is 11.9 Å². The first-order valence-corrected chi connectivity index (χ1v) is 7.09. The molecular formula is C9H14N2O5Si. The van der Waals surface area contributed by atoms with E-state index in [-0.39, 0.29) is 11.7 Å². The molecule has 4 N–H and O–H groups in total. The van der Waals surface area contributed by atoms with Crippen molar-refractivity contribution >= 4 is 20.2 Å². The third-order valence-corrected chi connectivity index (χ3v) is 3.12. The van der Waals surface area contributed by atoms with E-state index >= 15 is 0 Å². The van der Waals surface area contributed by atoms with Gasteiger partial charge in [-0.05, 0) is 18.6 Å². The second-order valence-electron chi connectivity index (χ2n) is 3.61. The van der Waals surface area contributed by atoms with Gasteiger partial charge in [0.05, 0.1) is 4.92 Å². The quantitative estimate of drug-likeness (QED) is 0.253. The Balaban J connectivity index is 2.35. The van der Waals surface area contributed by atoms with Gasteiger partial charge in [0.25, 0.3) is 5.69 Å². The second-order valence-corrected chi connectivity index (χ2v) is 5.66. The summed E-state index contributed by atoms with van der Waals surface area (Å²) in [4.78, 5) is 36.2. The Bertz CT molecular complexity index is 376. The smallest absolute Gasteiger partial charge is 0.390 e. The van der Waals surface area contributed by atoms with Gasteiger partial charge in [0, 0.05) is 30.4 Å². The molecule has 0 fully saturated rings. The molecule has 94 valence electrons. The molecule has 1 aromatic carbocycles. The van der Waals surface area contributed by atoms with Crippen molar-refractivity contribution in [2.24, 2.45) is 0 Å². The van der Waals surface area contributed by atoms with Crippen LogP contribution in [0.1, 0.15) is 6.42 Å². The Kier molecular flexibility index (Phi) is 4.58. The lowest BCUT2D eigenvalue weighted by molar-refractivity contribution is -0.384. The number of non-ortho nitro benzene ring substituents is 1. The topological polar surface area (TPSA) is 116 Å². The first-order valence-electron chi connectivity index (χ1n) is 5.04. The van der Waals surface area contributed by atoms with E-state index in [4.69, 9.17) is 14.4 Å². The summed E-state index contributed by atoms with van der Waals surface area (Å²) in [5.41, 5.74) is 0.722. The second kappa shape index (κ2) is 5.73. The fourth-order valence-corrected chi connectivity index (χ4v) is 1.91. The van der Waals surface area contributed by atoms with Crippen LogP contribution in [0.5, 0.6) is 0 Å². The number of rotatable bonds is 6. The van der Waals surface area contributed by atoms with Gasteiger partial charge >= 0.3 is 8.80 Å². The summed E-state index contributed by atoms with van der Waals surface area (Å²) in [6.45, 7) is 0.453. The minimum Gasteiger partial charge on any atom is -0.390 e. The van der Waals surface area contributed by atoms with Crippen LogP contribution in [0.4, 0.5) is 11.4 Å². The maximum Gasteiger partial charge on any atom is 0.492 e. The molecule has 0 aliphatic heterocycles. The highest BCUT2D eigenvalue weighted by Gasteiger charge is 2.25. The van der Waals surface area contributed by atoms with Crippen LogP contribution in [-0.4, -0.2) is 34.7 Å². The fraction of sp³-hybridized carbons (Fsp3) is 0.333. The van der Waals surface area contributed by atoms with Gasteiger partial charge in [-0.3, -0.25) is 10.1 Å². The van der Waals surface area contributed by atoms with Gasteiger partial charge in [-0.2, -0.15) is 0 Å². The highest BCUT2D eigenvalue weighted by molar-refractivity contribution is 6.56. The van der Waals surface area contributed by atoms with Gasteiger partial charge in [0.15, 0.2) is 0 Å². The average Bonchev–Trinajstić information content (AvgIpc) is 2.24. The zero-order chi connectivity index (χ0) is 12.9. The van der Waals surface area contributed by atoms with Crippen LogP contribution in [-0.2, 0) is 0 Å². The third-order valence-electron chi connectivity index (χ3n) is 2.10. The van der Waals surface area contributed by atoms with Crippen molar-refractivity contribution < 1.29 is 19.3 Å². The normalized spacial score (nSPS) is 11.2. The monoisotopic (exact) mass is 258 g/mol. The zero-order valence-electron chi connectivity index (χ0n) is 9.04. The standard InChI is InChI=1S/C9H14N2O5Si/c12-11(13)9-4-2-8(3-5-9)10-6-1-7-17(14,15)16/h2-5,10,14-16H,1,6-7H2. The van der Waals surface area contributed by atoms with Crippen LogP contribution in [0, 0.1) is 10.1 Å². The molecule has 0 unspecified atom stereocenters. The molecule has 0 aliphatic carbocycles. The molecule has 0 heterocycles. The summed E-state index contributed by atoms with van der Waals surface area (Å²) in [6, 6.07) is 5.86. The van der Waals surface area contributed by atoms with Crippen molar-refractivity contribution in [3.8, 4) is 0 Å². The molecule has 17 heavy (non-hydrogen) atoms. The first-order chi connectivity index (χ1) is 7.88. The van der Waals surface area contributed by atoms with Crippen LogP contribution >= 0.6 is 0 Å². The molecule has 0 aliphatic rings. The van der Waals surface area contributed by atoms with Crippen molar-refractivity contribution in [1.82, 2.24) is 0 Å². The van der Waals surface area contributed by atoms with Crippen LogP contribution < -0.4 is 5.32 Å². The van der Waals surface area contributed by atoms with Crippen LogP contribution in [0.3, 0.4) is 0 Å². The summed E-state index contributed by atoms with van der Waals surface area (Å²) < 4.78 is 0. The molecule has 0 aromatic heterocycles. The van der Waals surface area contributed by atoms with Gasteiger partial charge in [-0.1, -0.05) is 0 Å². The lowest BCUT2D eigenvalue weighted by Crippen LogP contribution is -2.34. The molecule has 0 radical (unpaired) electrons. The van der Waals surface area contributed by atoms with E-state index in [1.165, 1.54) is 12.1 Å². The lowest BCUT2D eigenvalue weighted by atomic mass is 10.3. The number of nitro groups is 1. The predicted molar refractivity (Wildman–Crippen MR) is 63.4 cm³/mol. The predicted octanol–water partition coefficient (Wildman–Crippen LogP) is 0.313. The summed E-state index contributed by atoms with van der Waals surface area (Å²) in [6.07, 6.45) is 0.409. The highest BCUT2D eigenvalue weighted by atomic mass is 28.4. The van der Waals surface area contributed by atoms with E-state index in [2.05, 4.69) is 5.32 Å². The fourth-order valence-electron chi connectivity index (χ4n) is 1.26. The lowest BCUT2D eigenvalue weighted by Gasteiger charge is -2.10. The number of nitro benzene ring substituents is 1. The van der Waals surface area contributed by atoms with Crippen LogP contribution in [0.15, 0.2) is 24.3 Å². The van der Waals surface area contributed by atoms with Crippen molar-refractivity contribution in [1.29, 1.82) is 0 Å². The molecule has 8 heteroatoms. The number of benzene rings is 1. The Morgan fingerprint density at radius 2 is 1.82 bits per heavy atom. The third kappa shape index (κ3) is 5.40. The molecule has 1 aromatic rings. The van der Waals surface area contributed by atoms with Gasteiger partial charge in [-0.25, -0.2) is 0 Å². The SMILES string of the molecule is O=[N+]([O-])c1ccc(NCCC[Si](O)(O)O)cc1. The summed E-state index contributed by atoms with van der Waals surface area (Å²) in [5, 5.41) is 13.3. The summed E-state index contributed by atoms with van der Waals surface area (Å²) >= 11 is 0. The molecule has 0 amide bonds. The highest BCUT2D eigenvalue weighted by Crippen LogP contribution is 2.15. The molecule has 0 bridgehead atoms. The molecule has 7 nitrogen and oxygen atoms in total. The first kappa shape index (κ1) is 13.6. The number of nitrogens with zero attached hydrogens (tertiary/aromatic N) is 1. The van der Waals surface area contributed by atoms with Crippen molar-refractivity contribution in [2.45, 2.75) is 12.5 Å². The minimum absolute atomic E-state index is 0.0167. The number of nitrogens with one attached hydrogen (secondary N) is 1. The number of hydrogen-bond donors (Lipinski definition) is 4. The van der Waals surface area contributed by atoms with E-state index in [1.807, 2.05) is 0 Å². The maximum absolute atomic E-state index is 10.4. The Hall–Kier alpha value is -1.48. The van der Waals surface area contributed by atoms with Crippen molar-refractivity contribution in [3.63, 3.8) is 0 Å². The Morgan fingerprint density at radius 1 is 1.24 bits per heavy atom. The van der Waals surface area contributed by atoms with Gasteiger partial charge in [-0.15, -0.1) is 0 Å². The van der Waals surface area contributed by atoms with E-state index in [9.17, 15) is 10.1 Å². The van der Waals surface area contributed by atoms with E-state index in [1.54, 1.807) is 12.1 Å². The molecule has 0 atom stereocenters. The molecular weight excluding hydrogens is 244 g/mol. The van der Waals surface area contributed by atoms with Crippen LogP contribution in [0.25, 0.3) is 0 Å². The number of hydrogen-bond acceptors (Lipinski definition) is 6. The van der Waals surface area contributed by atoms with Gasteiger partial charge in [0.1, 0.15) is 0 Å². The minimum atomic E-state index is -3.95.